The Hall–Kier alpha value is -1.14. The van der Waals surface area contributed by atoms with Gasteiger partial charge in [0.15, 0.2) is 0 Å². The Bertz CT molecular complexity index is 309. The van der Waals surface area contributed by atoms with Crippen LogP contribution in [0.3, 0.4) is 0 Å². The van der Waals surface area contributed by atoms with Crippen LogP contribution in [0.5, 0.6) is 0 Å². The summed E-state index contributed by atoms with van der Waals surface area (Å²) in [5.74, 6) is -0.327. The van der Waals surface area contributed by atoms with Crippen LogP contribution < -0.4 is 5.32 Å². The Labute approximate surface area is 114 Å². The van der Waals surface area contributed by atoms with Crippen molar-refractivity contribution in [2.75, 3.05) is 40.5 Å². The van der Waals surface area contributed by atoms with Gasteiger partial charge in [-0.05, 0) is 26.3 Å². The van der Waals surface area contributed by atoms with E-state index >= 15 is 0 Å². The van der Waals surface area contributed by atoms with Gasteiger partial charge in [0, 0.05) is 20.2 Å². The van der Waals surface area contributed by atoms with E-state index in [1.807, 2.05) is 11.8 Å². The van der Waals surface area contributed by atoms with E-state index in [0.29, 0.717) is 19.7 Å². The molecule has 1 amide bonds. The maximum Gasteiger partial charge on any atom is 0.309 e. The Balaban J connectivity index is 2.44. The number of carbonyl (C=O) groups excluding carboxylic acids is 2. The zero-order valence-electron chi connectivity index (χ0n) is 12.0. The van der Waals surface area contributed by atoms with Crippen molar-refractivity contribution >= 4 is 11.9 Å². The highest BCUT2D eigenvalue weighted by Gasteiger charge is 2.31. The predicted molar refractivity (Wildman–Crippen MR) is 70.7 cm³/mol. The van der Waals surface area contributed by atoms with Crippen LogP contribution in [0.2, 0.25) is 0 Å². The van der Waals surface area contributed by atoms with Crippen LogP contribution in [0.25, 0.3) is 0 Å². The summed E-state index contributed by atoms with van der Waals surface area (Å²) in [4.78, 5) is 25.5. The number of likely N-dealkylation sites (tertiary alicyclic amines) is 1. The average molecular weight is 272 g/mol. The quantitative estimate of drug-likeness (QED) is 0.545. The van der Waals surface area contributed by atoms with Crippen molar-refractivity contribution in [3.8, 4) is 0 Å². The van der Waals surface area contributed by atoms with Gasteiger partial charge in [-0.1, -0.05) is 0 Å². The molecule has 1 aliphatic rings. The summed E-state index contributed by atoms with van der Waals surface area (Å²) in [6, 6.07) is -0.232. The summed E-state index contributed by atoms with van der Waals surface area (Å²) >= 11 is 0. The third kappa shape index (κ3) is 4.80. The summed E-state index contributed by atoms with van der Waals surface area (Å²) in [6.07, 6.45) is 1.75. The van der Waals surface area contributed by atoms with Crippen molar-refractivity contribution in [1.29, 1.82) is 0 Å². The monoisotopic (exact) mass is 272 g/mol. The van der Waals surface area contributed by atoms with Gasteiger partial charge in [0.1, 0.15) is 0 Å². The highest BCUT2D eigenvalue weighted by atomic mass is 16.5. The first-order valence-corrected chi connectivity index (χ1v) is 6.68. The van der Waals surface area contributed by atoms with Crippen molar-refractivity contribution in [2.24, 2.45) is 5.92 Å². The van der Waals surface area contributed by atoms with Gasteiger partial charge >= 0.3 is 5.97 Å². The van der Waals surface area contributed by atoms with Crippen LogP contribution in [0.15, 0.2) is 0 Å². The predicted octanol–water partition coefficient (Wildman–Crippen LogP) is 0.0225. The Morgan fingerprint density at radius 2 is 2.16 bits per heavy atom. The van der Waals surface area contributed by atoms with E-state index in [4.69, 9.17) is 9.47 Å². The largest absolute Gasteiger partial charge is 0.469 e. The van der Waals surface area contributed by atoms with Gasteiger partial charge in [0.2, 0.25) is 5.91 Å². The summed E-state index contributed by atoms with van der Waals surface area (Å²) in [5.41, 5.74) is 0. The number of hydrogen-bond acceptors (Lipinski definition) is 5. The number of methoxy groups -OCH3 is 2. The third-order valence-corrected chi connectivity index (χ3v) is 3.52. The van der Waals surface area contributed by atoms with Gasteiger partial charge in [-0.25, -0.2) is 0 Å². The van der Waals surface area contributed by atoms with E-state index in [2.05, 4.69) is 5.32 Å². The molecule has 0 radical (unpaired) electrons. The number of carbonyl (C=O) groups is 2. The third-order valence-electron chi connectivity index (χ3n) is 3.52. The molecular formula is C13H24N2O4. The molecule has 0 bridgehead atoms. The smallest absolute Gasteiger partial charge is 0.309 e. The SMILES string of the molecule is COCCNC(=O)C(C)N1CCCC(C(=O)OC)C1. The lowest BCUT2D eigenvalue weighted by Gasteiger charge is -2.34. The molecule has 1 rings (SSSR count). The van der Waals surface area contributed by atoms with Crippen molar-refractivity contribution < 1.29 is 19.1 Å². The minimum Gasteiger partial charge on any atom is -0.469 e. The van der Waals surface area contributed by atoms with Crippen molar-refractivity contribution in [2.45, 2.75) is 25.8 Å². The second-order valence-corrected chi connectivity index (χ2v) is 4.82. The molecular weight excluding hydrogens is 248 g/mol. The minimum absolute atomic E-state index is 0.0254. The van der Waals surface area contributed by atoms with E-state index in [9.17, 15) is 9.59 Å². The molecule has 110 valence electrons. The number of nitrogens with one attached hydrogen (secondary N) is 1. The Morgan fingerprint density at radius 3 is 2.79 bits per heavy atom. The molecule has 0 aromatic heterocycles. The van der Waals surface area contributed by atoms with E-state index < -0.39 is 0 Å². The molecule has 6 heteroatoms. The second-order valence-electron chi connectivity index (χ2n) is 4.82. The molecule has 1 fully saturated rings. The van der Waals surface area contributed by atoms with Gasteiger partial charge in [0.05, 0.1) is 25.7 Å². The number of rotatable bonds is 6. The van der Waals surface area contributed by atoms with E-state index in [1.54, 1.807) is 7.11 Å². The van der Waals surface area contributed by atoms with Crippen LogP contribution in [-0.2, 0) is 19.1 Å². The van der Waals surface area contributed by atoms with Crippen molar-refractivity contribution in [3.63, 3.8) is 0 Å². The Kier molecular flexibility index (Phi) is 6.80. The highest BCUT2D eigenvalue weighted by Crippen LogP contribution is 2.19. The summed E-state index contributed by atoms with van der Waals surface area (Å²) in [6.45, 7) is 4.30. The number of hydrogen-bond donors (Lipinski definition) is 1. The van der Waals surface area contributed by atoms with Gasteiger partial charge < -0.3 is 14.8 Å². The molecule has 0 aromatic rings. The standard InChI is InChI=1S/C13H24N2O4/c1-10(12(16)14-6-8-18-2)15-7-4-5-11(9-15)13(17)19-3/h10-11H,4-9H2,1-3H3,(H,14,16). The van der Waals surface area contributed by atoms with Crippen LogP contribution in [-0.4, -0.2) is 63.3 Å². The second kappa shape index (κ2) is 8.12. The molecule has 2 unspecified atom stereocenters. The fourth-order valence-electron chi connectivity index (χ4n) is 2.31. The molecule has 1 N–H and O–H groups in total. The minimum atomic E-state index is -0.232. The number of esters is 1. The van der Waals surface area contributed by atoms with E-state index in [1.165, 1.54) is 7.11 Å². The van der Waals surface area contributed by atoms with E-state index in [0.717, 1.165) is 19.4 Å². The van der Waals surface area contributed by atoms with Gasteiger partial charge in [-0.15, -0.1) is 0 Å². The first kappa shape index (κ1) is 15.9. The van der Waals surface area contributed by atoms with Crippen molar-refractivity contribution in [3.05, 3.63) is 0 Å². The zero-order chi connectivity index (χ0) is 14.3. The Morgan fingerprint density at radius 1 is 1.42 bits per heavy atom. The maximum absolute atomic E-state index is 11.9. The lowest BCUT2D eigenvalue weighted by Crippen LogP contribution is -2.50. The molecule has 1 aliphatic heterocycles. The number of ether oxygens (including phenoxy) is 2. The van der Waals surface area contributed by atoms with Crippen molar-refractivity contribution in [1.82, 2.24) is 10.2 Å². The lowest BCUT2D eigenvalue weighted by molar-refractivity contribution is -0.148. The highest BCUT2D eigenvalue weighted by molar-refractivity contribution is 5.81. The number of piperidine rings is 1. The average Bonchev–Trinajstić information content (AvgIpc) is 2.45. The summed E-state index contributed by atoms with van der Waals surface area (Å²) < 4.78 is 9.67. The number of nitrogens with zero attached hydrogens (tertiary/aromatic N) is 1. The maximum atomic E-state index is 11.9. The fourth-order valence-corrected chi connectivity index (χ4v) is 2.31. The topological polar surface area (TPSA) is 67.9 Å². The molecule has 6 nitrogen and oxygen atoms in total. The van der Waals surface area contributed by atoms with Crippen LogP contribution in [0.4, 0.5) is 0 Å². The molecule has 19 heavy (non-hydrogen) atoms. The molecule has 0 aliphatic carbocycles. The van der Waals surface area contributed by atoms with Crippen LogP contribution >= 0.6 is 0 Å². The van der Waals surface area contributed by atoms with E-state index in [-0.39, 0.29) is 23.8 Å². The van der Waals surface area contributed by atoms with Gasteiger partial charge in [0.25, 0.3) is 0 Å². The molecule has 0 aromatic carbocycles. The first-order chi connectivity index (χ1) is 9.10. The normalized spacial score (nSPS) is 21.7. The van der Waals surface area contributed by atoms with Gasteiger partial charge in [-0.2, -0.15) is 0 Å². The molecule has 1 saturated heterocycles. The zero-order valence-corrected chi connectivity index (χ0v) is 12.0. The summed E-state index contributed by atoms with van der Waals surface area (Å²) in [5, 5.41) is 2.82. The van der Waals surface area contributed by atoms with Gasteiger partial charge in [-0.3, -0.25) is 14.5 Å². The lowest BCUT2D eigenvalue weighted by atomic mass is 9.97. The van der Waals surface area contributed by atoms with Crippen LogP contribution in [0, 0.1) is 5.92 Å². The summed E-state index contributed by atoms with van der Waals surface area (Å²) in [7, 11) is 3.00. The molecule has 0 spiro atoms. The molecule has 1 heterocycles. The first-order valence-electron chi connectivity index (χ1n) is 6.68. The van der Waals surface area contributed by atoms with Crippen LogP contribution in [0.1, 0.15) is 19.8 Å². The fraction of sp³-hybridized carbons (Fsp3) is 0.846. The molecule has 0 saturated carbocycles. The molecule has 2 atom stereocenters. The number of amides is 1.